The van der Waals surface area contributed by atoms with Crippen LogP contribution in [0.15, 0.2) is 18.2 Å². The van der Waals surface area contributed by atoms with E-state index in [-0.39, 0.29) is 11.3 Å². The maximum atomic E-state index is 11.3. The molecule has 0 unspecified atom stereocenters. The normalized spacial score (nSPS) is 11.1. The molecule has 0 bridgehead atoms. The van der Waals surface area contributed by atoms with E-state index in [2.05, 4.69) is 11.6 Å². The number of rotatable bonds is 8. The number of hydrogen-bond donors (Lipinski definition) is 2. The second-order valence-electron chi connectivity index (χ2n) is 4.45. The first-order chi connectivity index (χ1) is 9.33. The largest absolute Gasteiger partial charge is 0.491 e. The molecule has 1 aromatic rings. The Morgan fingerprint density at radius 2 is 2.05 bits per heavy atom. The Kier molecular flexibility index (Phi) is 5.82. The molecule has 0 saturated carbocycles. The molecule has 0 aliphatic carbocycles. The number of carboxylic acid groups (broad SMARTS) is 1. The lowest BCUT2D eigenvalue weighted by Gasteiger charge is -2.13. The van der Waals surface area contributed by atoms with Crippen molar-refractivity contribution in [2.45, 2.75) is 26.2 Å². The molecule has 1 rings (SSSR count). The zero-order chi connectivity index (χ0) is 15.2. The van der Waals surface area contributed by atoms with Crippen molar-refractivity contribution in [3.63, 3.8) is 0 Å². The molecule has 20 heavy (non-hydrogen) atoms. The van der Waals surface area contributed by atoms with Gasteiger partial charge in [-0.3, -0.25) is 4.72 Å². The van der Waals surface area contributed by atoms with Crippen molar-refractivity contribution >= 4 is 21.7 Å². The highest BCUT2D eigenvalue weighted by Gasteiger charge is 2.12. The van der Waals surface area contributed by atoms with Crippen molar-refractivity contribution in [3.8, 4) is 5.75 Å². The summed E-state index contributed by atoms with van der Waals surface area (Å²) in [6, 6.07) is 4.09. The van der Waals surface area contributed by atoms with Gasteiger partial charge in [0.1, 0.15) is 5.75 Å². The number of aromatic carboxylic acids is 1. The average molecular weight is 301 g/mol. The number of ether oxygens (including phenoxy) is 1. The molecule has 0 amide bonds. The van der Waals surface area contributed by atoms with E-state index in [1.165, 1.54) is 18.2 Å². The molecule has 0 radical (unpaired) electrons. The zero-order valence-corrected chi connectivity index (χ0v) is 12.4. The Morgan fingerprint density at radius 1 is 1.35 bits per heavy atom. The van der Waals surface area contributed by atoms with Crippen molar-refractivity contribution in [1.29, 1.82) is 0 Å². The first-order valence-corrected chi connectivity index (χ1v) is 8.20. The fourth-order valence-corrected chi connectivity index (χ4v) is 2.16. The van der Waals surface area contributed by atoms with Gasteiger partial charge in [-0.2, -0.15) is 0 Å². The molecule has 0 aliphatic rings. The molecule has 0 heterocycles. The van der Waals surface area contributed by atoms with Gasteiger partial charge in [-0.15, -0.1) is 0 Å². The minimum absolute atomic E-state index is 0.00272. The van der Waals surface area contributed by atoms with Crippen molar-refractivity contribution in [1.82, 2.24) is 0 Å². The van der Waals surface area contributed by atoms with Gasteiger partial charge in [0.2, 0.25) is 10.0 Å². The first kappa shape index (κ1) is 16.3. The summed E-state index contributed by atoms with van der Waals surface area (Å²) in [5.74, 6) is -0.796. The van der Waals surface area contributed by atoms with Gasteiger partial charge in [-0.05, 0) is 24.6 Å². The van der Waals surface area contributed by atoms with E-state index in [9.17, 15) is 13.2 Å². The van der Waals surface area contributed by atoms with Crippen LogP contribution in [0.4, 0.5) is 5.69 Å². The number of carbonyl (C=O) groups is 1. The summed E-state index contributed by atoms with van der Waals surface area (Å²) < 4.78 is 30.4. The molecule has 0 aromatic heterocycles. The van der Waals surface area contributed by atoms with Gasteiger partial charge in [0.15, 0.2) is 0 Å². The summed E-state index contributed by atoms with van der Waals surface area (Å²) in [6.07, 6.45) is 3.93. The summed E-state index contributed by atoms with van der Waals surface area (Å²) in [4.78, 5) is 10.9. The van der Waals surface area contributed by atoms with Gasteiger partial charge in [0.25, 0.3) is 0 Å². The maximum Gasteiger partial charge on any atom is 0.335 e. The van der Waals surface area contributed by atoms with Gasteiger partial charge < -0.3 is 9.84 Å². The third-order valence-corrected chi connectivity index (χ3v) is 3.12. The summed E-state index contributed by atoms with van der Waals surface area (Å²) >= 11 is 0. The fraction of sp³-hybridized carbons (Fsp3) is 0.462. The minimum Gasteiger partial charge on any atom is -0.491 e. The molecular formula is C13H19NO5S. The molecule has 7 heteroatoms. The Morgan fingerprint density at radius 3 is 2.60 bits per heavy atom. The van der Waals surface area contributed by atoms with Crippen LogP contribution in [0.5, 0.6) is 5.75 Å². The number of anilines is 1. The lowest BCUT2D eigenvalue weighted by atomic mass is 10.2. The Balaban J connectivity index is 2.93. The molecule has 1 aromatic carbocycles. The second-order valence-corrected chi connectivity index (χ2v) is 6.19. The van der Waals surface area contributed by atoms with E-state index in [1.807, 2.05) is 0 Å². The number of hydrogen-bond acceptors (Lipinski definition) is 4. The zero-order valence-electron chi connectivity index (χ0n) is 11.5. The van der Waals surface area contributed by atoms with Crippen LogP contribution >= 0.6 is 0 Å². The van der Waals surface area contributed by atoms with Crippen molar-refractivity contribution in [3.05, 3.63) is 23.8 Å². The minimum atomic E-state index is -3.50. The topological polar surface area (TPSA) is 92.7 Å². The monoisotopic (exact) mass is 301 g/mol. The maximum absolute atomic E-state index is 11.3. The van der Waals surface area contributed by atoms with Crippen LogP contribution in [-0.2, 0) is 10.0 Å². The molecule has 0 aliphatic heterocycles. The van der Waals surface area contributed by atoms with Crippen molar-refractivity contribution < 1.29 is 23.1 Å². The van der Waals surface area contributed by atoms with E-state index < -0.39 is 16.0 Å². The molecule has 0 fully saturated rings. The molecular weight excluding hydrogens is 282 g/mol. The summed E-state index contributed by atoms with van der Waals surface area (Å²) in [5, 5.41) is 8.93. The van der Waals surface area contributed by atoms with Gasteiger partial charge in [0, 0.05) is 0 Å². The van der Waals surface area contributed by atoms with Crippen LogP contribution in [0.25, 0.3) is 0 Å². The van der Waals surface area contributed by atoms with Crippen LogP contribution in [0, 0.1) is 0 Å². The third kappa shape index (κ3) is 5.48. The summed E-state index contributed by atoms with van der Waals surface area (Å²) in [7, 11) is -3.50. The molecule has 0 saturated heterocycles. The molecule has 0 atom stereocenters. The highest BCUT2D eigenvalue weighted by Crippen LogP contribution is 2.27. The number of benzene rings is 1. The standard InChI is InChI=1S/C13H19NO5S/c1-3-4-5-8-19-12-7-6-10(13(15)16)9-11(12)14-20(2,17)18/h6-7,9,14H,3-5,8H2,1-2H3,(H,15,16). The van der Waals surface area contributed by atoms with Crippen LogP contribution < -0.4 is 9.46 Å². The smallest absolute Gasteiger partial charge is 0.335 e. The van der Waals surface area contributed by atoms with Crippen LogP contribution in [0.1, 0.15) is 36.5 Å². The predicted octanol–water partition coefficient (Wildman–Crippen LogP) is 2.33. The summed E-state index contributed by atoms with van der Waals surface area (Å²) in [5.41, 5.74) is 0.140. The van der Waals surface area contributed by atoms with E-state index in [4.69, 9.17) is 9.84 Å². The van der Waals surface area contributed by atoms with Gasteiger partial charge in [0.05, 0.1) is 24.1 Å². The number of carboxylic acids is 1. The molecule has 6 nitrogen and oxygen atoms in total. The number of nitrogens with one attached hydrogen (secondary N) is 1. The number of sulfonamides is 1. The molecule has 112 valence electrons. The summed E-state index contributed by atoms with van der Waals surface area (Å²) in [6.45, 7) is 2.52. The highest BCUT2D eigenvalue weighted by molar-refractivity contribution is 7.92. The van der Waals surface area contributed by atoms with E-state index in [0.717, 1.165) is 25.5 Å². The Bertz CT molecular complexity index is 568. The van der Waals surface area contributed by atoms with E-state index >= 15 is 0 Å². The molecule has 0 spiro atoms. The van der Waals surface area contributed by atoms with Crippen LogP contribution in [-0.4, -0.2) is 32.4 Å². The van der Waals surface area contributed by atoms with Gasteiger partial charge in [-0.25, -0.2) is 13.2 Å². The second kappa shape index (κ2) is 7.14. The van der Waals surface area contributed by atoms with Crippen LogP contribution in [0.3, 0.4) is 0 Å². The highest BCUT2D eigenvalue weighted by atomic mass is 32.2. The first-order valence-electron chi connectivity index (χ1n) is 6.31. The third-order valence-electron chi connectivity index (χ3n) is 2.53. The number of unbranched alkanes of at least 4 members (excludes halogenated alkanes) is 2. The van der Waals surface area contributed by atoms with Crippen molar-refractivity contribution in [2.24, 2.45) is 0 Å². The molecule has 2 N–H and O–H groups in total. The lowest BCUT2D eigenvalue weighted by Crippen LogP contribution is -2.12. The van der Waals surface area contributed by atoms with Crippen LogP contribution in [0.2, 0.25) is 0 Å². The van der Waals surface area contributed by atoms with E-state index in [1.54, 1.807) is 0 Å². The Labute approximate surface area is 118 Å². The average Bonchev–Trinajstić information content (AvgIpc) is 2.34. The SMILES string of the molecule is CCCCCOc1ccc(C(=O)O)cc1NS(C)(=O)=O. The van der Waals surface area contributed by atoms with E-state index in [0.29, 0.717) is 12.4 Å². The fourth-order valence-electron chi connectivity index (χ4n) is 1.60. The quantitative estimate of drug-likeness (QED) is 0.719. The lowest BCUT2D eigenvalue weighted by molar-refractivity contribution is 0.0697. The van der Waals surface area contributed by atoms with Gasteiger partial charge >= 0.3 is 5.97 Å². The Hall–Kier alpha value is -1.76. The predicted molar refractivity (Wildman–Crippen MR) is 76.9 cm³/mol. The van der Waals surface area contributed by atoms with Gasteiger partial charge in [-0.1, -0.05) is 19.8 Å². The van der Waals surface area contributed by atoms with Crippen molar-refractivity contribution in [2.75, 3.05) is 17.6 Å².